The van der Waals surface area contributed by atoms with Gasteiger partial charge >= 0.3 is 0 Å². The third-order valence-corrected chi connectivity index (χ3v) is 2.51. The zero-order valence-corrected chi connectivity index (χ0v) is 8.36. The van der Waals surface area contributed by atoms with E-state index < -0.39 is 0 Å². The fourth-order valence-electron chi connectivity index (χ4n) is 0.941. The van der Waals surface area contributed by atoms with Crippen molar-refractivity contribution in [2.45, 2.75) is 12.5 Å². The molecule has 1 N–H and O–H groups in total. The molecule has 0 saturated heterocycles. The van der Waals surface area contributed by atoms with E-state index in [2.05, 4.69) is 22.6 Å². The first-order valence-corrected chi connectivity index (χ1v) is 5.13. The molecule has 1 rings (SSSR count). The molecule has 0 bridgehead atoms. The van der Waals surface area contributed by atoms with Gasteiger partial charge in [-0.05, 0) is 12.0 Å². The normalized spacial score (nSPS) is 12.9. The molecule has 0 spiro atoms. The Hall–Kier alpha value is -0.0900. The van der Waals surface area contributed by atoms with Gasteiger partial charge in [0.25, 0.3) is 0 Å². The highest BCUT2D eigenvalue weighted by Crippen LogP contribution is 2.04. The van der Waals surface area contributed by atoms with Crippen LogP contribution in [0.25, 0.3) is 0 Å². The molecule has 0 aliphatic rings. The standard InChI is InChI=1S/C9H11IO/c10-7-9(11)6-8-4-2-1-3-5-8/h1-5,9,11H,6-7H2. The van der Waals surface area contributed by atoms with E-state index in [0.717, 1.165) is 10.8 Å². The summed E-state index contributed by atoms with van der Waals surface area (Å²) in [6.07, 6.45) is 0.571. The molecular formula is C9H11IO. The number of hydrogen-bond acceptors (Lipinski definition) is 1. The van der Waals surface area contributed by atoms with Crippen molar-refractivity contribution in [3.8, 4) is 0 Å². The van der Waals surface area contributed by atoms with E-state index in [0.29, 0.717) is 0 Å². The van der Waals surface area contributed by atoms with Crippen LogP contribution >= 0.6 is 22.6 Å². The average Bonchev–Trinajstić information content (AvgIpc) is 2.06. The van der Waals surface area contributed by atoms with E-state index >= 15 is 0 Å². The fraction of sp³-hybridized carbons (Fsp3) is 0.333. The lowest BCUT2D eigenvalue weighted by atomic mass is 10.1. The number of rotatable bonds is 3. The van der Waals surface area contributed by atoms with Crippen molar-refractivity contribution in [1.82, 2.24) is 0 Å². The minimum absolute atomic E-state index is 0.196. The lowest BCUT2D eigenvalue weighted by Gasteiger charge is -2.05. The lowest BCUT2D eigenvalue weighted by Crippen LogP contribution is -2.11. The maximum absolute atomic E-state index is 9.30. The van der Waals surface area contributed by atoms with Gasteiger partial charge in [-0.15, -0.1) is 0 Å². The van der Waals surface area contributed by atoms with E-state index in [1.54, 1.807) is 0 Å². The van der Waals surface area contributed by atoms with Crippen molar-refractivity contribution in [3.63, 3.8) is 0 Å². The Balaban J connectivity index is 2.51. The highest BCUT2D eigenvalue weighted by atomic mass is 127. The highest BCUT2D eigenvalue weighted by molar-refractivity contribution is 14.1. The first-order valence-electron chi connectivity index (χ1n) is 3.61. The molecule has 11 heavy (non-hydrogen) atoms. The average molecular weight is 262 g/mol. The summed E-state index contributed by atoms with van der Waals surface area (Å²) in [5.74, 6) is 0. The molecular weight excluding hydrogens is 251 g/mol. The molecule has 0 heterocycles. The minimum Gasteiger partial charge on any atom is -0.392 e. The van der Waals surface area contributed by atoms with Crippen LogP contribution in [0.3, 0.4) is 0 Å². The molecule has 0 aromatic heterocycles. The van der Waals surface area contributed by atoms with Crippen LogP contribution in [-0.2, 0) is 6.42 Å². The Morgan fingerprint density at radius 1 is 1.27 bits per heavy atom. The number of halogens is 1. The Labute approximate surface area is 80.6 Å². The molecule has 0 saturated carbocycles. The molecule has 1 aromatic rings. The molecule has 60 valence electrons. The largest absolute Gasteiger partial charge is 0.392 e. The molecule has 1 nitrogen and oxygen atoms in total. The van der Waals surface area contributed by atoms with Crippen LogP contribution in [0, 0.1) is 0 Å². The van der Waals surface area contributed by atoms with Gasteiger partial charge in [-0.2, -0.15) is 0 Å². The van der Waals surface area contributed by atoms with Gasteiger partial charge in [0, 0.05) is 4.43 Å². The molecule has 0 aliphatic carbocycles. The first-order chi connectivity index (χ1) is 5.33. The van der Waals surface area contributed by atoms with E-state index in [4.69, 9.17) is 0 Å². The Bertz CT molecular complexity index is 198. The van der Waals surface area contributed by atoms with Crippen molar-refractivity contribution in [2.75, 3.05) is 4.43 Å². The maximum atomic E-state index is 9.30. The Morgan fingerprint density at radius 3 is 2.45 bits per heavy atom. The van der Waals surface area contributed by atoms with E-state index in [1.165, 1.54) is 5.56 Å². The summed E-state index contributed by atoms with van der Waals surface area (Å²) in [6, 6.07) is 10.1. The number of aliphatic hydroxyl groups excluding tert-OH is 1. The van der Waals surface area contributed by atoms with Gasteiger partial charge in [0.1, 0.15) is 0 Å². The molecule has 0 amide bonds. The number of alkyl halides is 1. The third kappa shape index (κ3) is 3.20. The topological polar surface area (TPSA) is 20.2 Å². The maximum Gasteiger partial charge on any atom is 0.0669 e. The van der Waals surface area contributed by atoms with Gasteiger partial charge in [0.15, 0.2) is 0 Å². The van der Waals surface area contributed by atoms with E-state index in [1.807, 2.05) is 30.3 Å². The van der Waals surface area contributed by atoms with Crippen LogP contribution in [0.1, 0.15) is 5.56 Å². The van der Waals surface area contributed by atoms with Gasteiger partial charge < -0.3 is 5.11 Å². The molecule has 0 radical (unpaired) electrons. The second-order valence-corrected chi connectivity index (χ2v) is 3.38. The summed E-state index contributed by atoms with van der Waals surface area (Å²) < 4.78 is 0.798. The lowest BCUT2D eigenvalue weighted by molar-refractivity contribution is 0.203. The second kappa shape index (κ2) is 4.72. The van der Waals surface area contributed by atoms with Crippen LogP contribution < -0.4 is 0 Å². The zero-order valence-electron chi connectivity index (χ0n) is 6.20. The molecule has 2 heteroatoms. The van der Waals surface area contributed by atoms with Gasteiger partial charge in [-0.25, -0.2) is 0 Å². The van der Waals surface area contributed by atoms with Gasteiger partial charge in [-0.3, -0.25) is 0 Å². The molecule has 1 aromatic carbocycles. The van der Waals surface area contributed by atoms with Crippen molar-refractivity contribution >= 4 is 22.6 Å². The summed E-state index contributed by atoms with van der Waals surface area (Å²) in [5.41, 5.74) is 1.21. The van der Waals surface area contributed by atoms with Crippen molar-refractivity contribution in [3.05, 3.63) is 35.9 Å². The van der Waals surface area contributed by atoms with Crippen LogP contribution in [0.2, 0.25) is 0 Å². The SMILES string of the molecule is OC(CI)Cc1ccccc1. The van der Waals surface area contributed by atoms with Gasteiger partial charge in [0.2, 0.25) is 0 Å². The van der Waals surface area contributed by atoms with Crippen LogP contribution in [0.15, 0.2) is 30.3 Å². The molecule has 1 unspecified atom stereocenters. The van der Waals surface area contributed by atoms with Gasteiger partial charge in [-0.1, -0.05) is 52.9 Å². The van der Waals surface area contributed by atoms with Crippen LogP contribution in [0.4, 0.5) is 0 Å². The van der Waals surface area contributed by atoms with Crippen molar-refractivity contribution in [2.24, 2.45) is 0 Å². The second-order valence-electron chi connectivity index (χ2n) is 2.50. The number of benzene rings is 1. The van der Waals surface area contributed by atoms with Crippen molar-refractivity contribution in [1.29, 1.82) is 0 Å². The van der Waals surface area contributed by atoms with Crippen LogP contribution in [-0.4, -0.2) is 15.6 Å². The smallest absolute Gasteiger partial charge is 0.0669 e. The summed E-state index contributed by atoms with van der Waals surface area (Å²) in [4.78, 5) is 0. The number of aliphatic hydroxyl groups is 1. The summed E-state index contributed by atoms with van der Waals surface area (Å²) in [7, 11) is 0. The minimum atomic E-state index is -0.196. The summed E-state index contributed by atoms with van der Waals surface area (Å²) in [6.45, 7) is 0. The fourth-order valence-corrected chi connectivity index (χ4v) is 1.25. The Kier molecular flexibility index (Phi) is 3.86. The quantitative estimate of drug-likeness (QED) is 0.652. The highest BCUT2D eigenvalue weighted by Gasteiger charge is 2.01. The third-order valence-electron chi connectivity index (χ3n) is 1.49. The summed E-state index contributed by atoms with van der Waals surface area (Å²) in [5, 5.41) is 9.30. The Morgan fingerprint density at radius 2 is 1.91 bits per heavy atom. The molecule has 1 atom stereocenters. The molecule has 0 fully saturated rings. The molecule has 0 aliphatic heterocycles. The zero-order chi connectivity index (χ0) is 8.10. The number of hydrogen-bond donors (Lipinski definition) is 1. The predicted molar refractivity (Wildman–Crippen MR) is 55.0 cm³/mol. The van der Waals surface area contributed by atoms with E-state index in [9.17, 15) is 5.11 Å². The first kappa shape index (κ1) is 9.00. The van der Waals surface area contributed by atoms with Crippen LogP contribution in [0.5, 0.6) is 0 Å². The van der Waals surface area contributed by atoms with Gasteiger partial charge in [0.05, 0.1) is 6.10 Å². The predicted octanol–water partition coefficient (Wildman–Crippen LogP) is 2.03. The summed E-state index contributed by atoms with van der Waals surface area (Å²) >= 11 is 2.19. The van der Waals surface area contributed by atoms with Crippen molar-refractivity contribution < 1.29 is 5.11 Å². The van der Waals surface area contributed by atoms with E-state index in [-0.39, 0.29) is 6.10 Å². The monoisotopic (exact) mass is 262 g/mol.